The van der Waals surface area contributed by atoms with Gasteiger partial charge in [-0.2, -0.15) is 0 Å². The third-order valence-corrected chi connectivity index (χ3v) is 2.38. The van der Waals surface area contributed by atoms with Gasteiger partial charge in [0, 0.05) is 7.11 Å². The second-order valence-electron chi connectivity index (χ2n) is 3.37. The van der Waals surface area contributed by atoms with E-state index in [1.165, 1.54) is 7.11 Å². The molecule has 0 radical (unpaired) electrons. The van der Waals surface area contributed by atoms with Gasteiger partial charge in [-0.05, 0) is 18.1 Å². The van der Waals surface area contributed by atoms with E-state index in [-0.39, 0.29) is 12.1 Å². The van der Waals surface area contributed by atoms with E-state index in [1.807, 2.05) is 31.2 Å². The lowest BCUT2D eigenvalue weighted by Crippen LogP contribution is -2.04. The minimum absolute atomic E-state index is 0.0807. The average Bonchev–Trinajstić information content (AvgIpc) is 2.29. The average molecular weight is 208 g/mol. The van der Waals surface area contributed by atoms with Gasteiger partial charge in [0.2, 0.25) is 0 Å². The molecule has 0 aliphatic rings. The maximum atomic E-state index is 11.0. The molecule has 82 valence electrons. The van der Waals surface area contributed by atoms with Crippen LogP contribution in [0.25, 0.3) is 0 Å². The second-order valence-corrected chi connectivity index (χ2v) is 3.37. The number of carbonyl (C=O) groups is 1. The summed E-state index contributed by atoms with van der Waals surface area (Å²) in [5, 5.41) is 0. The fraction of sp³-hybridized carbons (Fsp3) is 0.417. The predicted octanol–water partition coefficient (Wildman–Crippen LogP) is 2.11. The van der Waals surface area contributed by atoms with Crippen LogP contribution in [0.1, 0.15) is 24.2 Å². The molecule has 0 aliphatic carbocycles. The highest BCUT2D eigenvalue weighted by Gasteiger charge is 2.05. The third-order valence-electron chi connectivity index (χ3n) is 2.38. The molecule has 0 amide bonds. The van der Waals surface area contributed by atoms with E-state index in [1.54, 1.807) is 7.11 Å². The molecule has 0 bridgehead atoms. The lowest BCUT2D eigenvalue weighted by Gasteiger charge is -2.09. The smallest absolute Gasteiger partial charge is 0.309 e. The molecule has 0 unspecified atom stereocenters. The first-order valence-corrected chi connectivity index (χ1v) is 4.85. The Hall–Kier alpha value is -1.35. The molecular formula is C12H16O3. The van der Waals surface area contributed by atoms with Gasteiger partial charge in [0.05, 0.1) is 19.6 Å². The summed E-state index contributed by atoms with van der Waals surface area (Å²) in [7, 11) is 3.07. The first-order chi connectivity index (χ1) is 7.17. The van der Waals surface area contributed by atoms with Crippen LogP contribution in [0.4, 0.5) is 0 Å². The van der Waals surface area contributed by atoms with Gasteiger partial charge < -0.3 is 9.47 Å². The van der Waals surface area contributed by atoms with Gasteiger partial charge in [-0.1, -0.05) is 24.3 Å². The summed E-state index contributed by atoms with van der Waals surface area (Å²) >= 11 is 0. The number of esters is 1. The molecule has 1 atom stereocenters. The van der Waals surface area contributed by atoms with Crippen molar-refractivity contribution in [3.05, 3.63) is 35.4 Å². The van der Waals surface area contributed by atoms with Crippen molar-refractivity contribution in [3.8, 4) is 0 Å². The van der Waals surface area contributed by atoms with E-state index in [4.69, 9.17) is 4.74 Å². The Labute approximate surface area is 90.0 Å². The van der Waals surface area contributed by atoms with Crippen molar-refractivity contribution in [3.63, 3.8) is 0 Å². The van der Waals surface area contributed by atoms with Crippen molar-refractivity contribution in [2.45, 2.75) is 19.4 Å². The number of hydrogen-bond donors (Lipinski definition) is 0. The van der Waals surface area contributed by atoms with Crippen LogP contribution in [-0.4, -0.2) is 20.2 Å². The van der Waals surface area contributed by atoms with Crippen molar-refractivity contribution in [1.29, 1.82) is 0 Å². The molecule has 3 heteroatoms. The topological polar surface area (TPSA) is 35.5 Å². The lowest BCUT2D eigenvalue weighted by molar-refractivity contribution is -0.139. The van der Waals surface area contributed by atoms with Gasteiger partial charge >= 0.3 is 5.97 Å². The highest BCUT2D eigenvalue weighted by atomic mass is 16.5. The molecule has 0 saturated heterocycles. The van der Waals surface area contributed by atoms with Crippen LogP contribution >= 0.6 is 0 Å². The van der Waals surface area contributed by atoms with Gasteiger partial charge in [-0.3, -0.25) is 4.79 Å². The highest BCUT2D eigenvalue weighted by Crippen LogP contribution is 2.16. The first kappa shape index (κ1) is 11.7. The van der Waals surface area contributed by atoms with Gasteiger partial charge in [0.15, 0.2) is 0 Å². The van der Waals surface area contributed by atoms with Crippen LogP contribution in [0.2, 0.25) is 0 Å². The van der Waals surface area contributed by atoms with Crippen molar-refractivity contribution in [1.82, 2.24) is 0 Å². The Bertz CT molecular complexity index is 316. The minimum Gasteiger partial charge on any atom is -0.469 e. The Morgan fingerprint density at radius 1 is 1.27 bits per heavy atom. The van der Waals surface area contributed by atoms with Crippen LogP contribution in [0.15, 0.2) is 24.3 Å². The molecule has 0 aromatic heterocycles. The Morgan fingerprint density at radius 2 is 1.87 bits per heavy atom. The van der Waals surface area contributed by atoms with Gasteiger partial charge in [0.1, 0.15) is 0 Å². The second kappa shape index (κ2) is 5.51. The molecule has 1 rings (SSSR count). The van der Waals surface area contributed by atoms with Crippen molar-refractivity contribution >= 4 is 5.97 Å². The van der Waals surface area contributed by atoms with Crippen LogP contribution in [-0.2, 0) is 20.7 Å². The molecule has 0 N–H and O–H groups in total. The SMILES string of the molecule is COC(=O)Cc1ccc([C@H](C)OC)cc1. The Morgan fingerprint density at radius 3 is 2.33 bits per heavy atom. The predicted molar refractivity (Wildman–Crippen MR) is 57.6 cm³/mol. The van der Waals surface area contributed by atoms with Crippen molar-refractivity contribution < 1.29 is 14.3 Å². The zero-order valence-corrected chi connectivity index (χ0v) is 9.32. The number of ether oxygens (including phenoxy) is 2. The number of hydrogen-bond acceptors (Lipinski definition) is 3. The summed E-state index contributed by atoms with van der Waals surface area (Å²) in [6.45, 7) is 1.98. The van der Waals surface area contributed by atoms with E-state index >= 15 is 0 Å². The van der Waals surface area contributed by atoms with E-state index < -0.39 is 0 Å². The maximum Gasteiger partial charge on any atom is 0.309 e. The Kier molecular flexibility index (Phi) is 4.31. The molecule has 1 aromatic rings. The first-order valence-electron chi connectivity index (χ1n) is 4.85. The van der Waals surface area contributed by atoms with E-state index in [0.29, 0.717) is 6.42 Å². The number of carbonyl (C=O) groups excluding carboxylic acids is 1. The van der Waals surface area contributed by atoms with E-state index in [0.717, 1.165) is 11.1 Å². The third kappa shape index (κ3) is 3.36. The standard InChI is InChI=1S/C12H16O3/c1-9(14-2)11-6-4-10(5-7-11)8-12(13)15-3/h4-7,9H,8H2,1-3H3/t9-/m0/s1. The summed E-state index contributed by atoms with van der Waals surface area (Å²) in [4.78, 5) is 11.0. The zero-order valence-electron chi connectivity index (χ0n) is 9.32. The normalized spacial score (nSPS) is 12.2. The molecule has 0 fully saturated rings. The Balaban J connectivity index is 2.68. The maximum absolute atomic E-state index is 11.0. The molecule has 0 heterocycles. The van der Waals surface area contributed by atoms with Crippen molar-refractivity contribution in [2.24, 2.45) is 0 Å². The number of rotatable bonds is 4. The van der Waals surface area contributed by atoms with Crippen LogP contribution in [0, 0.1) is 0 Å². The number of methoxy groups -OCH3 is 2. The molecule has 15 heavy (non-hydrogen) atoms. The molecule has 0 spiro atoms. The molecule has 0 saturated carbocycles. The summed E-state index contributed by atoms with van der Waals surface area (Å²) in [5.41, 5.74) is 2.06. The summed E-state index contributed by atoms with van der Waals surface area (Å²) in [6, 6.07) is 7.77. The van der Waals surface area contributed by atoms with Crippen molar-refractivity contribution in [2.75, 3.05) is 14.2 Å². The molecule has 3 nitrogen and oxygen atoms in total. The van der Waals surface area contributed by atoms with Crippen LogP contribution < -0.4 is 0 Å². The zero-order chi connectivity index (χ0) is 11.3. The molecular weight excluding hydrogens is 192 g/mol. The van der Waals surface area contributed by atoms with Gasteiger partial charge in [-0.15, -0.1) is 0 Å². The monoisotopic (exact) mass is 208 g/mol. The summed E-state index contributed by atoms with van der Waals surface area (Å²) in [6.07, 6.45) is 0.398. The van der Waals surface area contributed by atoms with Gasteiger partial charge in [-0.25, -0.2) is 0 Å². The molecule has 1 aromatic carbocycles. The fourth-order valence-electron chi connectivity index (χ4n) is 1.28. The largest absolute Gasteiger partial charge is 0.469 e. The van der Waals surface area contributed by atoms with Crippen LogP contribution in [0.5, 0.6) is 0 Å². The summed E-state index contributed by atoms with van der Waals surface area (Å²) < 4.78 is 9.78. The van der Waals surface area contributed by atoms with Crippen LogP contribution in [0.3, 0.4) is 0 Å². The lowest BCUT2D eigenvalue weighted by atomic mass is 10.1. The quantitative estimate of drug-likeness (QED) is 0.711. The minimum atomic E-state index is -0.220. The highest BCUT2D eigenvalue weighted by molar-refractivity contribution is 5.72. The summed E-state index contributed by atoms with van der Waals surface area (Å²) in [5.74, 6) is -0.220. The van der Waals surface area contributed by atoms with E-state index in [2.05, 4.69) is 4.74 Å². The van der Waals surface area contributed by atoms with Gasteiger partial charge in [0.25, 0.3) is 0 Å². The van der Waals surface area contributed by atoms with E-state index in [9.17, 15) is 4.79 Å². The molecule has 0 aliphatic heterocycles. The fourth-order valence-corrected chi connectivity index (χ4v) is 1.28. The number of benzene rings is 1.